The number of halogens is 2. The first-order valence-electron chi connectivity index (χ1n) is 10.5. The van der Waals surface area contributed by atoms with Crippen LogP contribution in [0.1, 0.15) is 26.2 Å². The van der Waals surface area contributed by atoms with Gasteiger partial charge in [0.05, 0.1) is 16.1 Å². The number of nitrogens with zero attached hydrogens (tertiary/aromatic N) is 3. The van der Waals surface area contributed by atoms with Crippen LogP contribution in [-0.2, 0) is 21.4 Å². The molecule has 0 bridgehead atoms. The van der Waals surface area contributed by atoms with Gasteiger partial charge in [-0.1, -0.05) is 42.3 Å². The van der Waals surface area contributed by atoms with E-state index in [4.69, 9.17) is 23.2 Å². The Morgan fingerprint density at radius 2 is 1.88 bits per heavy atom. The van der Waals surface area contributed by atoms with Gasteiger partial charge in [-0.15, -0.1) is 0 Å². The summed E-state index contributed by atoms with van der Waals surface area (Å²) in [4.78, 5) is 17.5. The van der Waals surface area contributed by atoms with Crippen molar-refractivity contribution >= 4 is 56.1 Å². The number of amides is 1. The van der Waals surface area contributed by atoms with Crippen LogP contribution in [0, 0.1) is 5.92 Å². The third-order valence-corrected chi connectivity index (χ3v) is 8.29. The summed E-state index contributed by atoms with van der Waals surface area (Å²) >= 11 is 12.1. The number of imidazole rings is 1. The lowest BCUT2D eigenvalue weighted by Gasteiger charge is -2.30. The van der Waals surface area contributed by atoms with Crippen molar-refractivity contribution in [3.8, 4) is 0 Å². The molecule has 0 radical (unpaired) electrons. The molecule has 0 atom stereocenters. The van der Waals surface area contributed by atoms with Crippen molar-refractivity contribution in [2.24, 2.45) is 5.92 Å². The molecule has 1 fully saturated rings. The highest BCUT2D eigenvalue weighted by atomic mass is 35.5. The van der Waals surface area contributed by atoms with E-state index in [0.717, 1.165) is 24.0 Å². The number of piperidine rings is 1. The quantitative estimate of drug-likeness (QED) is 0.533. The summed E-state index contributed by atoms with van der Waals surface area (Å²) in [6.45, 7) is 3.28. The van der Waals surface area contributed by atoms with Crippen molar-refractivity contribution in [3.63, 3.8) is 0 Å². The number of para-hydroxylation sites is 2. The van der Waals surface area contributed by atoms with Crippen LogP contribution < -0.4 is 5.32 Å². The number of hydrogen-bond acceptors (Lipinski definition) is 4. The van der Waals surface area contributed by atoms with Gasteiger partial charge in [0, 0.05) is 30.6 Å². The molecule has 2 aromatic carbocycles. The van der Waals surface area contributed by atoms with E-state index in [9.17, 15) is 13.2 Å². The number of sulfonamides is 1. The number of aryl methyl sites for hydroxylation is 1. The van der Waals surface area contributed by atoms with Gasteiger partial charge in [0.2, 0.25) is 21.9 Å². The number of rotatable bonds is 6. The summed E-state index contributed by atoms with van der Waals surface area (Å²) in [5.74, 6) is 0.0838. The lowest BCUT2D eigenvalue weighted by molar-refractivity contribution is -0.121. The predicted octanol–water partition coefficient (Wildman–Crippen LogP) is 4.79. The molecule has 3 aromatic rings. The Morgan fingerprint density at radius 3 is 2.59 bits per heavy atom. The maximum Gasteiger partial charge on any atom is 0.244 e. The van der Waals surface area contributed by atoms with Gasteiger partial charge in [0.25, 0.3) is 0 Å². The molecule has 0 saturated carbocycles. The minimum absolute atomic E-state index is 0.0112. The molecule has 2 heterocycles. The summed E-state index contributed by atoms with van der Waals surface area (Å²) in [7, 11) is -3.79. The van der Waals surface area contributed by atoms with Gasteiger partial charge in [0.15, 0.2) is 0 Å². The van der Waals surface area contributed by atoms with E-state index < -0.39 is 10.0 Å². The number of hydrogen-bond donors (Lipinski definition) is 1. The van der Waals surface area contributed by atoms with E-state index in [1.165, 1.54) is 16.4 Å². The molecule has 0 aliphatic carbocycles. The van der Waals surface area contributed by atoms with Crippen LogP contribution in [0.25, 0.3) is 11.0 Å². The molecule has 170 valence electrons. The second-order valence-electron chi connectivity index (χ2n) is 7.82. The summed E-state index contributed by atoms with van der Waals surface area (Å²) in [5, 5.41) is 3.39. The molecule has 0 unspecified atom stereocenters. The highest BCUT2D eigenvalue weighted by Gasteiger charge is 2.33. The monoisotopic (exact) mass is 494 g/mol. The van der Waals surface area contributed by atoms with Crippen molar-refractivity contribution in [1.29, 1.82) is 0 Å². The Labute approximate surface area is 197 Å². The van der Waals surface area contributed by atoms with Crippen LogP contribution in [0.15, 0.2) is 47.4 Å². The molecular formula is C22H24Cl2N4O3S. The van der Waals surface area contributed by atoms with Crippen LogP contribution in [-0.4, -0.2) is 41.3 Å². The van der Waals surface area contributed by atoms with Gasteiger partial charge in [-0.05, 0) is 49.6 Å². The van der Waals surface area contributed by atoms with Gasteiger partial charge in [0.1, 0.15) is 4.90 Å². The lowest BCUT2D eigenvalue weighted by atomic mass is 9.97. The molecule has 1 aliphatic heterocycles. The largest absolute Gasteiger partial charge is 0.310 e. The van der Waals surface area contributed by atoms with Gasteiger partial charge < -0.3 is 4.57 Å². The van der Waals surface area contributed by atoms with E-state index in [-0.39, 0.29) is 34.8 Å². The fourth-order valence-corrected chi connectivity index (χ4v) is 6.21. The van der Waals surface area contributed by atoms with Crippen LogP contribution in [0.4, 0.5) is 5.95 Å². The number of carbonyl (C=O) groups excluding carboxylic acids is 1. The Hall–Kier alpha value is -2.13. The topological polar surface area (TPSA) is 84.3 Å². The fourth-order valence-electron chi connectivity index (χ4n) is 4.01. The minimum atomic E-state index is -3.79. The zero-order valence-electron chi connectivity index (χ0n) is 17.6. The number of benzene rings is 2. The van der Waals surface area contributed by atoms with Crippen molar-refractivity contribution in [2.45, 2.75) is 37.6 Å². The number of carbonyl (C=O) groups is 1. The Bertz CT molecular complexity index is 1250. The van der Waals surface area contributed by atoms with E-state index >= 15 is 0 Å². The Balaban J connectivity index is 1.46. The average molecular weight is 495 g/mol. The first kappa shape index (κ1) is 23.0. The van der Waals surface area contributed by atoms with Crippen LogP contribution in [0.5, 0.6) is 0 Å². The summed E-state index contributed by atoms with van der Waals surface area (Å²) in [6.07, 6.45) is 1.74. The first-order valence-corrected chi connectivity index (χ1v) is 12.7. The molecule has 1 N–H and O–H groups in total. The normalized spacial score (nSPS) is 15.8. The summed E-state index contributed by atoms with van der Waals surface area (Å²) in [5.41, 5.74) is 1.81. The molecule has 10 heteroatoms. The molecule has 1 saturated heterocycles. The zero-order chi connectivity index (χ0) is 22.9. The molecule has 32 heavy (non-hydrogen) atoms. The molecule has 1 aromatic heterocycles. The second kappa shape index (κ2) is 9.39. The van der Waals surface area contributed by atoms with Crippen molar-refractivity contribution in [1.82, 2.24) is 13.9 Å². The molecule has 1 aliphatic rings. The van der Waals surface area contributed by atoms with Gasteiger partial charge in [-0.2, -0.15) is 4.31 Å². The Kier molecular flexibility index (Phi) is 6.76. The second-order valence-corrected chi connectivity index (χ2v) is 10.6. The van der Waals surface area contributed by atoms with Gasteiger partial charge in [-0.25, -0.2) is 13.4 Å². The van der Waals surface area contributed by atoms with E-state index in [1.807, 2.05) is 28.8 Å². The lowest BCUT2D eigenvalue weighted by Crippen LogP contribution is -2.41. The standard InChI is InChI=1S/C22H24Cl2N4O3S/c1-2-11-28-19-6-4-3-5-18(19)25-22(28)26-21(29)15-9-12-27(13-10-15)32(30,31)20-14-16(23)7-8-17(20)24/h3-8,14-15H,2,9-13H2,1H3,(H,25,26,29). The number of anilines is 1. The third kappa shape index (κ3) is 4.50. The minimum Gasteiger partial charge on any atom is -0.310 e. The fraction of sp³-hybridized carbons (Fsp3) is 0.364. The number of fused-ring (bicyclic) bond motifs is 1. The number of nitrogens with one attached hydrogen (secondary N) is 1. The van der Waals surface area contributed by atoms with Crippen LogP contribution in [0.3, 0.4) is 0 Å². The van der Waals surface area contributed by atoms with E-state index in [1.54, 1.807) is 6.07 Å². The smallest absolute Gasteiger partial charge is 0.244 e. The Morgan fingerprint density at radius 1 is 1.16 bits per heavy atom. The van der Waals surface area contributed by atoms with Crippen molar-refractivity contribution < 1.29 is 13.2 Å². The average Bonchev–Trinajstić information content (AvgIpc) is 3.12. The maximum absolute atomic E-state index is 13.0. The highest BCUT2D eigenvalue weighted by Crippen LogP contribution is 2.31. The molecule has 4 rings (SSSR count). The summed E-state index contributed by atoms with van der Waals surface area (Å²) < 4.78 is 29.4. The van der Waals surface area contributed by atoms with Crippen LogP contribution in [0.2, 0.25) is 10.0 Å². The number of aromatic nitrogens is 2. The predicted molar refractivity (Wildman–Crippen MR) is 127 cm³/mol. The molecule has 7 nitrogen and oxygen atoms in total. The zero-order valence-corrected chi connectivity index (χ0v) is 19.9. The van der Waals surface area contributed by atoms with Gasteiger partial charge in [-0.3, -0.25) is 10.1 Å². The molecule has 0 spiro atoms. The molecule has 1 amide bonds. The SMILES string of the molecule is CCCn1c(NC(=O)C2CCN(S(=O)(=O)c3cc(Cl)ccc3Cl)CC2)nc2ccccc21. The summed E-state index contributed by atoms with van der Waals surface area (Å²) in [6, 6.07) is 12.1. The van der Waals surface area contributed by atoms with Crippen molar-refractivity contribution in [2.75, 3.05) is 18.4 Å². The maximum atomic E-state index is 13.0. The van der Waals surface area contributed by atoms with Crippen molar-refractivity contribution in [3.05, 3.63) is 52.5 Å². The van der Waals surface area contributed by atoms with Crippen LogP contribution >= 0.6 is 23.2 Å². The third-order valence-electron chi connectivity index (χ3n) is 5.67. The van der Waals surface area contributed by atoms with E-state index in [2.05, 4.69) is 17.2 Å². The van der Waals surface area contributed by atoms with Gasteiger partial charge >= 0.3 is 0 Å². The molecular weight excluding hydrogens is 471 g/mol. The highest BCUT2D eigenvalue weighted by molar-refractivity contribution is 7.89. The van der Waals surface area contributed by atoms with E-state index in [0.29, 0.717) is 23.8 Å². The first-order chi connectivity index (χ1) is 15.3.